The maximum atomic E-state index is 15.1. The highest BCUT2D eigenvalue weighted by Gasteiger charge is 2.30. The summed E-state index contributed by atoms with van der Waals surface area (Å²) >= 11 is 0. The molecule has 2 aliphatic carbocycles. The van der Waals surface area contributed by atoms with E-state index in [1.807, 2.05) is 6.07 Å². The summed E-state index contributed by atoms with van der Waals surface area (Å²) in [7, 11) is 0. The Bertz CT molecular complexity index is 783. The SMILES string of the molecule is C=CC1CCC(C2CCc3c(ccc(-c4ccc(F)cc4)c3F)C2)CC1. The third kappa shape index (κ3) is 3.34. The average molecular weight is 352 g/mol. The first-order valence-electron chi connectivity index (χ1n) is 9.84. The number of halogens is 2. The summed E-state index contributed by atoms with van der Waals surface area (Å²) in [6.45, 7) is 3.94. The van der Waals surface area contributed by atoms with Crippen molar-refractivity contribution in [3.8, 4) is 11.1 Å². The smallest absolute Gasteiger partial charge is 0.134 e. The highest BCUT2D eigenvalue weighted by atomic mass is 19.1. The van der Waals surface area contributed by atoms with Crippen LogP contribution >= 0.6 is 0 Å². The lowest BCUT2D eigenvalue weighted by Gasteiger charge is -2.36. The minimum atomic E-state index is -0.291. The summed E-state index contributed by atoms with van der Waals surface area (Å²) in [6, 6.07) is 10.1. The van der Waals surface area contributed by atoms with Gasteiger partial charge in [-0.25, -0.2) is 8.78 Å². The van der Waals surface area contributed by atoms with Gasteiger partial charge >= 0.3 is 0 Å². The third-order valence-corrected chi connectivity index (χ3v) is 6.56. The molecule has 0 aromatic heterocycles. The first-order chi connectivity index (χ1) is 12.7. The molecular weight excluding hydrogens is 326 g/mol. The molecule has 0 N–H and O–H groups in total. The second-order valence-electron chi connectivity index (χ2n) is 7.99. The maximum absolute atomic E-state index is 15.1. The van der Waals surface area contributed by atoms with E-state index in [2.05, 4.69) is 18.7 Å². The standard InChI is InChI=1S/C24H26F2/c1-2-16-3-5-17(6-4-16)19-9-13-23-20(15-19)10-14-22(24(23)26)18-7-11-21(25)12-8-18/h2,7-8,10-12,14,16-17,19H,1,3-6,9,13,15H2. The third-order valence-electron chi connectivity index (χ3n) is 6.56. The first-order valence-corrected chi connectivity index (χ1v) is 9.84. The van der Waals surface area contributed by atoms with E-state index in [0.717, 1.165) is 36.3 Å². The molecule has 2 aromatic carbocycles. The summed E-state index contributed by atoms with van der Waals surface area (Å²) < 4.78 is 28.2. The second kappa shape index (κ2) is 7.34. The molecule has 2 aliphatic rings. The van der Waals surface area contributed by atoms with E-state index < -0.39 is 0 Å². The van der Waals surface area contributed by atoms with Gasteiger partial charge in [0.1, 0.15) is 11.6 Å². The summed E-state index contributed by atoms with van der Waals surface area (Å²) in [5, 5.41) is 0. The number of hydrogen-bond donors (Lipinski definition) is 0. The van der Waals surface area contributed by atoms with Crippen LogP contribution in [-0.4, -0.2) is 0 Å². The van der Waals surface area contributed by atoms with Crippen molar-refractivity contribution in [1.29, 1.82) is 0 Å². The number of hydrogen-bond acceptors (Lipinski definition) is 0. The zero-order chi connectivity index (χ0) is 18.1. The van der Waals surface area contributed by atoms with E-state index in [9.17, 15) is 4.39 Å². The van der Waals surface area contributed by atoms with Gasteiger partial charge in [-0.15, -0.1) is 6.58 Å². The van der Waals surface area contributed by atoms with E-state index in [1.54, 1.807) is 12.1 Å². The molecule has 1 saturated carbocycles. The number of allylic oxidation sites excluding steroid dienone is 1. The first kappa shape index (κ1) is 17.5. The monoisotopic (exact) mass is 352 g/mol. The average Bonchev–Trinajstić information content (AvgIpc) is 2.69. The van der Waals surface area contributed by atoms with E-state index in [0.29, 0.717) is 17.4 Å². The Morgan fingerprint density at radius 2 is 1.58 bits per heavy atom. The van der Waals surface area contributed by atoms with Crippen molar-refractivity contribution in [2.75, 3.05) is 0 Å². The van der Waals surface area contributed by atoms with Gasteiger partial charge in [0.2, 0.25) is 0 Å². The molecule has 0 radical (unpaired) electrons. The van der Waals surface area contributed by atoms with E-state index >= 15 is 4.39 Å². The predicted molar refractivity (Wildman–Crippen MR) is 103 cm³/mol. The topological polar surface area (TPSA) is 0 Å². The summed E-state index contributed by atoms with van der Waals surface area (Å²) in [5.74, 6) is 1.76. The van der Waals surface area contributed by atoms with Crippen LogP contribution in [0, 0.1) is 29.4 Å². The quantitative estimate of drug-likeness (QED) is 0.537. The van der Waals surface area contributed by atoms with E-state index in [1.165, 1.54) is 43.4 Å². The molecule has 2 heteroatoms. The van der Waals surface area contributed by atoms with Gasteiger partial charge < -0.3 is 0 Å². The van der Waals surface area contributed by atoms with Crippen molar-refractivity contribution in [3.05, 3.63) is 71.8 Å². The molecule has 1 atom stereocenters. The minimum absolute atomic E-state index is 0.108. The fourth-order valence-corrected chi connectivity index (χ4v) is 4.94. The Morgan fingerprint density at radius 3 is 2.27 bits per heavy atom. The van der Waals surface area contributed by atoms with Gasteiger partial charge in [-0.05, 0) is 91.5 Å². The Kier molecular flexibility index (Phi) is 4.93. The van der Waals surface area contributed by atoms with Crippen LogP contribution in [0.15, 0.2) is 49.1 Å². The van der Waals surface area contributed by atoms with Gasteiger partial charge in [-0.2, -0.15) is 0 Å². The Labute approximate surface area is 154 Å². The predicted octanol–water partition coefficient (Wildman–Crippen LogP) is 6.73. The number of benzene rings is 2. The van der Waals surface area contributed by atoms with Gasteiger partial charge in [0.25, 0.3) is 0 Å². The van der Waals surface area contributed by atoms with Crippen molar-refractivity contribution in [1.82, 2.24) is 0 Å². The molecule has 26 heavy (non-hydrogen) atoms. The van der Waals surface area contributed by atoms with Gasteiger partial charge in [0.05, 0.1) is 0 Å². The van der Waals surface area contributed by atoms with Crippen LogP contribution in [0.25, 0.3) is 11.1 Å². The van der Waals surface area contributed by atoms with Crippen molar-refractivity contribution < 1.29 is 8.78 Å². The zero-order valence-corrected chi connectivity index (χ0v) is 15.2. The van der Waals surface area contributed by atoms with Crippen LogP contribution < -0.4 is 0 Å². The highest BCUT2D eigenvalue weighted by Crippen LogP contribution is 2.41. The maximum Gasteiger partial charge on any atom is 0.134 e. The van der Waals surface area contributed by atoms with E-state index in [-0.39, 0.29) is 11.6 Å². The van der Waals surface area contributed by atoms with Crippen molar-refractivity contribution in [2.24, 2.45) is 17.8 Å². The zero-order valence-electron chi connectivity index (χ0n) is 15.2. The molecule has 0 aliphatic heterocycles. The molecule has 1 unspecified atom stereocenters. The molecule has 0 nitrogen and oxygen atoms in total. The van der Waals surface area contributed by atoms with Gasteiger partial charge in [0, 0.05) is 5.56 Å². The largest absolute Gasteiger partial charge is 0.207 e. The molecule has 0 saturated heterocycles. The van der Waals surface area contributed by atoms with E-state index in [4.69, 9.17) is 0 Å². The summed E-state index contributed by atoms with van der Waals surface area (Å²) in [5.41, 5.74) is 3.39. The summed E-state index contributed by atoms with van der Waals surface area (Å²) in [6.07, 6.45) is 10.1. The number of fused-ring (bicyclic) bond motifs is 1. The highest BCUT2D eigenvalue weighted by molar-refractivity contribution is 5.66. The Balaban J connectivity index is 1.53. The molecule has 0 heterocycles. The van der Waals surface area contributed by atoms with Crippen LogP contribution in [0.2, 0.25) is 0 Å². The molecule has 0 bridgehead atoms. The molecule has 2 aromatic rings. The van der Waals surface area contributed by atoms with Crippen LogP contribution in [0.4, 0.5) is 8.78 Å². The Hall–Kier alpha value is -1.96. The molecular formula is C24H26F2. The molecule has 4 rings (SSSR count). The van der Waals surface area contributed by atoms with Gasteiger partial charge in [-0.1, -0.05) is 30.3 Å². The number of rotatable bonds is 3. The lowest BCUT2D eigenvalue weighted by Crippen LogP contribution is -2.26. The molecule has 0 spiro atoms. The lowest BCUT2D eigenvalue weighted by atomic mass is 9.69. The van der Waals surface area contributed by atoms with Gasteiger partial charge in [0.15, 0.2) is 0 Å². The van der Waals surface area contributed by atoms with Crippen molar-refractivity contribution in [3.63, 3.8) is 0 Å². The van der Waals surface area contributed by atoms with Gasteiger partial charge in [-0.3, -0.25) is 0 Å². The minimum Gasteiger partial charge on any atom is -0.207 e. The van der Waals surface area contributed by atoms with Crippen molar-refractivity contribution in [2.45, 2.75) is 44.9 Å². The van der Waals surface area contributed by atoms with Crippen LogP contribution in [0.5, 0.6) is 0 Å². The molecule has 1 fully saturated rings. The lowest BCUT2D eigenvalue weighted by molar-refractivity contribution is 0.205. The molecule has 136 valence electrons. The molecule has 0 amide bonds. The Morgan fingerprint density at radius 1 is 0.846 bits per heavy atom. The fraction of sp³-hybridized carbons (Fsp3) is 0.417. The van der Waals surface area contributed by atoms with Crippen LogP contribution in [-0.2, 0) is 12.8 Å². The van der Waals surface area contributed by atoms with Crippen molar-refractivity contribution >= 4 is 0 Å². The summed E-state index contributed by atoms with van der Waals surface area (Å²) in [4.78, 5) is 0. The second-order valence-corrected chi connectivity index (χ2v) is 7.99. The normalized spacial score (nSPS) is 25.5. The van der Waals surface area contributed by atoms with Crippen LogP contribution in [0.1, 0.15) is 43.2 Å². The van der Waals surface area contributed by atoms with Crippen LogP contribution in [0.3, 0.4) is 0 Å². The fourth-order valence-electron chi connectivity index (χ4n) is 4.94.